The van der Waals surface area contributed by atoms with E-state index in [2.05, 4.69) is 14.2 Å². The van der Waals surface area contributed by atoms with E-state index in [4.69, 9.17) is 0 Å². The number of halogens is 3. The Balaban J connectivity index is 2.10. The Morgan fingerprint density at radius 3 is 2.69 bits per heavy atom. The largest absolute Gasteiger partial charge is 0.508 e. The Hall–Kier alpha value is -0.980. The second kappa shape index (κ2) is 3.82. The standard InChI is InChI=1S/C6H7F3O4/c7-6(8,9)3-11-1-4-2-12-5(10)13-4/h4H,1-3H2. The van der Waals surface area contributed by atoms with Gasteiger partial charge in [0.25, 0.3) is 0 Å². The summed E-state index contributed by atoms with van der Waals surface area (Å²) in [5, 5.41) is 0. The van der Waals surface area contributed by atoms with Gasteiger partial charge in [-0.25, -0.2) is 4.79 Å². The summed E-state index contributed by atoms with van der Waals surface area (Å²) in [6.07, 6.45) is -5.96. The molecule has 1 saturated heterocycles. The van der Waals surface area contributed by atoms with Crippen molar-refractivity contribution in [1.82, 2.24) is 0 Å². The predicted octanol–water partition coefficient (Wildman–Crippen LogP) is 1.10. The number of ether oxygens (including phenoxy) is 3. The van der Waals surface area contributed by atoms with Crippen molar-refractivity contribution in [2.24, 2.45) is 0 Å². The molecule has 76 valence electrons. The van der Waals surface area contributed by atoms with E-state index in [1.165, 1.54) is 0 Å². The Morgan fingerprint density at radius 2 is 2.23 bits per heavy atom. The maximum Gasteiger partial charge on any atom is 0.508 e. The van der Waals surface area contributed by atoms with Crippen molar-refractivity contribution < 1.29 is 32.2 Å². The summed E-state index contributed by atoms with van der Waals surface area (Å²) >= 11 is 0. The summed E-state index contributed by atoms with van der Waals surface area (Å²) in [5.74, 6) is 0. The highest BCUT2D eigenvalue weighted by molar-refractivity contribution is 5.61. The van der Waals surface area contributed by atoms with Crippen molar-refractivity contribution >= 4 is 6.16 Å². The minimum atomic E-state index is -4.36. The van der Waals surface area contributed by atoms with Crippen molar-refractivity contribution in [2.75, 3.05) is 19.8 Å². The SMILES string of the molecule is O=C1OCC(COCC(F)(F)F)O1. The molecule has 7 heteroatoms. The van der Waals surface area contributed by atoms with Gasteiger partial charge in [-0.3, -0.25) is 0 Å². The number of cyclic esters (lactones) is 2. The molecule has 0 aromatic heterocycles. The molecule has 1 unspecified atom stereocenters. The molecule has 0 radical (unpaired) electrons. The summed E-state index contributed by atoms with van der Waals surface area (Å²) < 4.78 is 47.6. The molecule has 0 spiro atoms. The first-order chi connectivity index (χ1) is 5.97. The monoisotopic (exact) mass is 200 g/mol. The van der Waals surface area contributed by atoms with Crippen LogP contribution < -0.4 is 0 Å². The molecule has 4 nitrogen and oxygen atoms in total. The molecule has 1 aliphatic rings. The molecular weight excluding hydrogens is 193 g/mol. The fourth-order valence-electron chi connectivity index (χ4n) is 0.753. The Labute approximate surface area is 71.6 Å². The summed E-state index contributed by atoms with van der Waals surface area (Å²) in [6, 6.07) is 0. The molecule has 1 heterocycles. The third-order valence-electron chi connectivity index (χ3n) is 1.22. The second-order valence-corrected chi connectivity index (χ2v) is 2.43. The van der Waals surface area contributed by atoms with Gasteiger partial charge < -0.3 is 14.2 Å². The number of carbonyl (C=O) groups is 1. The van der Waals surface area contributed by atoms with Gasteiger partial charge in [0.1, 0.15) is 13.2 Å². The van der Waals surface area contributed by atoms with Gasteiger partial charge in [0, 0.05) is 0 Å². The molecule has 0 amide bonds. The summed E-state index contributed by atoms with van der Waals surface area (Å²) in [7, 11) is 0. The van der Waals surface area contributed by atoms with Gasteiger partial charge in [-0.2, -0.15) is 13.2 Å². The van der Waals surface area contributed by atoms with Crippen LogP contribution in [0.2, 0.25) is 0 Å². The fraction of sp³-hybridized carbons (Fsp3) is 0.833. The maximum absolute atomic E-state index is 11.5. The normalized spacial score (nSPS) is 22.7. The first-order valence-electron chi connectivity index (χ1n) is 3.45. The molecule has 0 aromatic carbocycles. The minimum absolute atomic E-state index is 0.0588. The van der Waals surface area contributed by atoms with Gasteiger partial charge in [0.15, 0.2) is 6.10 Å². The molecule has 0 N–H and O–H groups in total. The fourth-order valence-corrected chi connectivity index (χ4v) is 0.753. The lowest BCUT2D eigenvalue weighted by Gasteiger charge is -2.09. The number of carbonyl (C=O) groups excluding carboxylic acids is 1. The Bertz CT molecular complexity index is 191. The highest BCUT2D eigenvalue weighted by Crippen LogP contribution is 2.15. The highest BCUT2D eigenvalue weighted by atomic mass is 19.4. The van der Waals surface area contributed by atoms with E-state index in [1.807, 2.05) is 0 Å². The molecule has 0 saturated carbocycles. The first-order valence-corrected chi connectivity index (χ1v) is 3.45. The van der Waals surface area contributed by atoms with Crippen molar-refractivity contribution in [1.29, 1.82) is 0 Å². The van der Waals surface area contributed by atoms with E-state index in [0.717, 1.165) is 0 Å². The van der Waals surface area contributed by atoms with Gasteiger partial charge >= 0.3 is 12.3 Å². The molecule has 13 heavy (non-hydrogen) atoms. The van der Waals surface area contributed by atoms with E-state index >= 15 is 0 Å². The number of hydrogen-bond donors (Lipinski definition) is 0. The van der Waals surface area contributed by atoms with E-state index < -0.39 is 25.0 Å². The third-order valence-corrected chi connectivity index (χ3v) is 1.22. The van der Waals surface area contributed by atoms with Crippen LogP contribution in [0.4, 0.5) is 18.0 Å². The maximum atomic E-state index is 11.5. The van der Waals surface area contributed by atoms with Gasteiger partial charge in [0.2, 0.25) is 0 Å². The van der Waals surface area contributed by atoms with Gasteiger partial charge in [-0.15, -0.1) is 0 Å². The average Bonchev–Trinajstić information content (AvgIpc) is 2.33. The molecule has 1 atom stereocenters. The van der Waals surface area contributed by atoms with Crippen LogP contribution in [0, 0.1) is 0 Å². The lowest BCUT2D eigenvalue weighted by Crippen LogP contribution is -2.24. The number of hydrogen-bond acceptors (Lipinski definition) is 4. The second-order valence-electron chi connectivity index (χ2n) is 2.43. The molecule has 0 aromatic rings. The highest BCUT2D eigenvalue weighted by Gasteiger charge is 2.30. The average molecular weight is 200 g/mol. The first kappa shape index (κ1) is 10.1. The molecule has 1 aliphatic heterocycles. The van der Waals surface area contributed by atoms with E-state index in [1.54, 1.807) is 0 Å². The smallest absolute Gasteiger partial charge is 0.430 e. The van der Waals surface area contributed by atoms with Crippen LogP contribution in [0.5, 0.6) is 0 Å². The number of alkyl halides is 3. The molecule has 0 bridgehead atoms. The van der Waals surface area contributed by atoms with Crippen LogP contribution in [0.3, 0.4) is 0 Å². The van der Waals surface area contributed by atoms with Crippen LogP contribution in [0.1, 0.15) is 0 Å². The Morgan fingerprint density at radius 1 is 1.54 bits per heavy atom. The molecule has 1 fully saturated rings. The van der Waals surface area contributed by atoms with E-state index in [0.29, 0.717) is 0 Å². The van der Waals surface area contributed by atoms with Crippen molar-refractivity contribution in [3.05, 3.63) is 0 Å². The van der Waals surface area contributed by atoms with Crippen LogP contribution in [0.15, 0.2) is 0 Å². The molecule has 1 rings (SSSR count). The van der Waals surface area contributed by atoms with Gasteiger partial charge in [-0.05, 0) is 0 Å². The van der Waals surface area contributed by atoms with Crippen LogP contribution in [0.25, 0.3) is 0 Å². The lowest BCUT2D eigenvalue weighted by atomic mass is 10.4. The summed E-state index contributed by atoms with van der Waals surface area (Å²) in [4.78, 5) is 10.3. The molecule has 0 aliphatic carbocycles. The van der Waals surface area contributed by atoms with Crippen LogP contribution >= 0.6 is 0 Å². The third kappa shape index (κ3) is 3.97. The minimum Gasteiger partial charge on any atom is -0.430 e. The topological polar surface area (TPSA) is 44.8 Å². The zero-order chi connectivity index (χ0) is 9.90. The van der Waals surface area contributed by atoms with E-state index in [9.17, 15) is 18.0 Å². The quantitative estimate of drug-likeness (QED) is 0.640. The lowest BCUT2D eigenvalue weighted by molar-refractivity contribution is -0.178. The van der Waals surface area contributed by atoms with Crippen molar-refractivity contribution in [3.63, 3.8) is 0 Å². The van der Waals surface area contributed by atoms with Crippen LogP contribution in [-0.4, -0.2) is 38.3 Å². The van der Waals surface area contributed by atoms with Gasteiger partial charge in [0.05, 0.1) is 6.61 Å². The predicted molar refractivity (Wildman–Crippen MR) is 33.1 cm³/mol. The summed E-state index contributed by atoms with van der Waals surface area (Å²) in [5.41, 5.74) is 0. The zero-order valence-corrected chi connectivity index (χ0v) is 6.47. The van der Waals surface area contributed by atoms with Crippen molar-refractivity contribution in [3.8, 4) is 0 Å². The summed E-state index contributed by atoms with van der Waals surface area (Å²) in [6.45, 7) is -1.71. The Kier molecular flexibility index (Phi) is 2.97. The zero-order valence-electron chi connectivity index (χ0n) is 6.47. The van der Waals surface area contributed by atoms with Crippen molar-refractivity contribution in [2.45, 2.75) is 12.3 Å². The number of rotatable bonds is 3. The van der Waals surface area contributed by atoms with Crippen LogP contribution in [-0.2, 0) is 14.2 Å². The molecular formula is C6H7F3O4. The van der Waals surface area contributed by atoms with E-state index in [-0.39, 0.29) is 13.2 Å². The van der Waals surface area contributed by atoms with Gasteiger partial charge in [-0.1, -0.05) is 0 Å².